The van der Waals surface area contributed by atoms with Crippen molar-refractivity contribution in [1.82, 2.24) is 9.80 Å². The second-order valence-electron chi connectivity index (χ2n) is 7.93. The Morgan fingerprint density at radius 1 is 0.742 bits per heavy atom. The molecule has 0 fully saturated rings. The van der Waals surface area contributed by atoms with Gasteiger partial charge in [0.1, 0.15) is 0 Å². The van der Waals surface area contributed by atoms with Gasteiger partial charge in [-0.05, 0) is 50.7 Å². The lowest BCUT2D eigenvalue weighted by atomic mass is 10.00. The number of unbranched alkanes of at least 4 members (excludes halogenated alkanes) is 2. The maximum absolute atomic E-state index is 12.3. The predicted octanol–water partition coefficient (Wildman–Crippen LogP) is 2.88. The molecule has 2 aliphatic heterocycles. The summed E-state index contributed by atoms with van der Waals surface area (Å²) in [6, 6.07) is 6.89. The van der Waals surface area contributed by atoms with Gasteiger partial charge >= 0.3 is 0 Å². The smallest absolute Gasteiger partial charge is 0.261 e. The van der Waals surface area contributed by atoms with E-state index in [9.17, 15) is 19.2 Å². The summed E-state index contributed by atoms with van der Waals surface area (Å²) in [6.07, 6.45) is 8.07. The van der Waals surface area contributed by atoms with Crippen LogP contribution >= 0.6 is 0 Å². The number of rotatable bonds is 10. The molecule has 0 bridgehead atoms. The standard InChI is InChI=1S/C24H26N2O5/c27-21-17-9-1-2-10-18(17)22(28)25(21)13-5-7-15-31-16-8-6-14-26-23(29)19-11-3-4-12-20(19)24(26)30/h1-3,9-11H,4-8,12-16H2. The van der Waals surface area contributed by atoms with Crippen molar-refractivity contribution in [1.29, 1.82) is 0 Å². The second kappa shape index (κ2) is 9.39. The van der Waals surface area contributed by atoms with Gasteiger partial charge in [-0.25, -0.2) is 0 Å². The second-order valence-corrected chi connectivity index (χ2v) is 7.93. The Bertz CT molecular complexity index is 943. The molecule has 3 aliphatic rings. The van der Waals surface area contributed by atoms with E-state index >= 15 is 0 Å². The molecule has 162 valence electrons. The molecule has 0 atom stereocenters. The monoisotopic (exact) mass is 422 g/mol. The zero-order valence-corrected chi connectivity index (χ0v) is 17.5. The summed E-state index contributed by atoms with van der Waals surface area (Å²) in [7, 11) is 0. The minimum atomic E-state index is -0.223. The molecule has 0 N–H and O–H groups in total. The van der Waals surface area contributed by atoms with Crippen LogP contribution in [0.3, 0.4) is 0 Å². The number of fused-ring (bicyclic) bond motifs is 1. The van der Waals surface area contributed by atoms with E-state index in [1.54, 1.807) is 30.3 Å². The van der Waals surface area contributed by atoms with Crippen molar-refractivity contribution < 1.29 is 23.9 Å². The third-order valence-corrected chi connectivity index (χ3v) is 5.87. The normalized spacial score (nSPS) is 17.8. The molecule has 31 heavy (non-hydrogen) atoms. The fourth-order valence-corrected chi connectivity index (χ4v) is 4.18. The van der Waals surface area contributed by atoms with Crippen LogP contribution in [0.15, 0.2) is 47.6 Å². The molecular formula is C24H26N2O5. The van der Waals surface area contributed by atoms with E-state index in [1.807, 2.05) is 6.08 Å². The molecule has 0 saturated heterocycles. The van der Waals surface area contributed by atoms with Crippen LogP contribution in [0.25, 0.3) is 0 Å². The van der Waals surface area contributed by atoms with Gasteiger partial charge in [0, 0.05) is 37.4 Å². The number of ether oxygens (including phenoxy) is 1. The molecule has 1 aromatic rings. The summed E-state index contributed by atoms with van der Waals surface area (Å²) in [5.41, 5.74) is 2.17. The number of benzene rings is 1. The van der Waals surface area contributed by atoms with Crippen LogP contribution in [0.1, 0.15) is 59.2 Å². The number of carbonyl (C=O) groups excluding carboxylic acids is 4. The molecule has 4 amide bonds. The van der Waals surface area contributed by atoms with Gasteiger partial charge < -0.3 is 4.74 Å². The maximum Gasteiger partial charge on any atom is 0.261 e. The molecule has 2 heterocycles. The highest BCUT2D eigenvalue weighted by molar-refractivity contribution is 6.21. The maximum atomic E-state index is 12.3. The molecule has 1 aliphatic carbocycles. The average molecular weight is 422 g/mol. The quantitative estimate of drug-likeness (QED) is 0.428. The Kier molecular flexibility index (Phi) is 6.42. The highest BCUT2D eigenvalue weighted by Crippen LogP contribution is 2.29. The molecule has 0 saturated carbocycles. The van der Waals surface area contributed by atoms with Crippen LogP contribution in [0.2, 0.25) is 0 Å². The van der Waals surface area contributed by atoms with E-state index in [-0.39, 0.29) is 23.6 Å². The van der Waals surface area contributed by atoms with Gasteiger partial charge in [0.05, 0.1) is 11.1 Å². The van der Waals surface area contributed by atoms with E-state index in [4.69, 9.17) is 4.74 Å². The van der Waals surface area contributed by atoms with Crippen LogP contribution < -0.4 is 0 Å². The average Bonchev–Trinajstić information content (AvgIpc) is 3.18. The number of nitrogens with zero attached hydrogens (tertiary/aromatic N) is 2. The summed E-state index contributed by atoms with van der Waals surface area (Å²) >= 11 is 0. The van der Waals surface area contributed by atoms with Gasteiger partial charge in [0.15, 0.2) is 0 Å². The zero-order chi connectivity index (χ0) is 21.8. The first-order chi connectivity index (χ1) is 15.1. The van der Waals surface area contributed by atoms with Crippen molar-refractivity contribution in [3.8, 4) is 0 Å². The predicted molar refractivity (Wildman–Crippen MR) is 113 cm³/mol. The van der Waals surface area contributed by atoms with Gasteiger partial charge in [-0.15, -0.1) is 0 Å². The molecule has 0 radical (unpaired) electrons. The van der Waals surface area contributed by atoms with Crippen molar-refractivity contribution in [3.63, 3.8) is 0 Å². The van der Waals surface area contributed by atoms with Gasteiger partial charge in [-0.3, -0.25) is 29.0 Å². The van der Waals surface area contributed by atoms with E-state index in [2.05, 4.69) is 0 Å². The lowest BCUT2D eigenvalue weighted by Gasteiger charge is -2.15. The molecule has 0 spiro atoms. The number of imide groups is 2. The Hall–Kier alpha value is -3.06. The fraction of sp³-hybridized carbons (Fsp3) is 0.417. The summed E-state index contributed by atoms with van der Waals surface area (Å²) in [4.78, 5) is 51.9. The highest BCUT2D eigenvalue weighted by atomic mass is 16.5. The lowest BCUT2D eigenvalue weighted by molar-refractivity contribution is -0.137. The van der Waals surface area contributed by atoms with Crippen LogP contribution in [-0.2, 0) is 14.3 Å². The van der Waals surface area contributed by atoms with Gasteiger partial charge in [-0.2, -0.15) is 0 Å². The van der Waals surface area contributed by atoms with Crippen LogP contribution in [0, 0.1) is 0 Å². The summed E-state index contributed by atoms with van der Waals surface area (Å²) in [6.45, 7) is 1.91. The van der Waals surface area contributed by atoms with E-state index in [0.717, 1.165) is 19.3 Å². The van der Waals surface area contributed by atoms with E-state index in [1.165, 1.54) is 9.80 Å². The Labute approximate surface area is 181 Å². The topological polar surface area (TPSA) is 84.0 Å². The van der Waals surface area contributed by atoms with Gasteiger partial charge in [-0.1, -0.05) is 24.3 Å². The third-order valence-electron chi connectivity index (χ3n) is 5.87. The third kappa shape index (κ3) is 4.23. The largest absolute Gasteiger partial charge is 0.381 e. The van der Waals surface area contributed by atoms with Crippen LogP contribution in [0.5, 0.6) is 0 Å². The first-order valence-corrected chi connectivity index (χ1v) is 10.9. The lowest BCUT2D eigenvalue weighted by Crippen LogP contribution is -2.32. The molecule has 1 aromatic carbocycles. The van der Waals surface area contributed by atoms with Crippen LogP contribution in [0.4, 0.5) is 0 Å². The van der Waals surface area contributed by atoms with Crippen molar-refractivity contribution >= 4 is 23.6 Å². The molecule has 7 nitrogen and oxygen atoms in total. The molecule has 4 rings (SSSR count). The number of carbonyl (C=O) groups is 4. The number of hydrogen-bond donors (Lipinski definition) is 0. The molecule has 0 unspecified atom stereocenters. The summed E-state index contributed by atoms with van der Waals surface area (Å²) in [5, 5.41) is 0. The van der Waals surface area contributed by atoms with Crippen molar-refractivity contribution in [2.24, 2.45) is 0 Å². The minimum absolute atomic E-state index is 0.140. The van der Waals surface area contributed by atoms with Gasteiger partial charge in [0.25, 0.3) is 23.6 Å². The van der Waals surface area contributed by atoms with Crippen molar-refractivity contribution in [2.75, 3.05) is 26.3 Å². The number of amides is 4. The Morgan fingerprint density at radius 3 is 1.90 bits per heavy atom. The SMILES string of the molecule is O=C1C2=C(CCC=C2)C(=O)N1CCCCOCCCCN1C(=O)c2ccccc2C1=O. The first-order valence-electron chi connectivity index (χ1n) is 10.9. The minimum Gasteiger partial charge on any atom is -0.381 e. The first kappa shape index (κ1) is 21.2. The summed E-state index contributed by atoms with van der Waals surface area (Å²) in [5.74, 6) is -0.762. The Morgan fingerprint density at radius 2 is 1.32 bits per heavy atom. The molecular weight excluding hydrogens is 396 g/mol. The van der Waals surface area contributed by atoms with Gasteiger partial charge in [0.2, 0.25) is 0 Å². The fourth-order valence-electron chi connectivity index (χ4n) is 4.18. The van der Waals surface area contributed by atoms with Crippen molar-refractivity contribution in [3.05, 3.63) is 58.7 Å². The Balaban J connectivity index is 1.08. The highest BCUT2D eigenvalue weighted by Gasteiger charge is 2.37. The molecule has 0 aromatic heterocycles. The van der Waals surface area contributed by atoms with Crippen molar-refractivity contribution in [2.45, 2.75) is 38.5 Å². The number of allylic oxidation sites excluding steroid dienone is 1. The number of hydrogen-bond acceptors (Lipinski definition) is 5. The summed E-state index contributed by atoms with van der Waals surface area (Å²) < 4.78 is 5.63. The van der Waals surface area contributed by atoms with Crippen LogP contribution in [-0.4, -0.2) is 59.7 Å². The zero-order valence-electron chi connectivity index (χ0n) is 17.5. The van der Waals surface area contributed by atoms with E-state index in [0.29, 0.717) is 67.8 Å². The van der Waals surface area contributed by atoms with E-state index < -0.39 is 0 Å². The molecule has 7 heteroatoms.